The lowest BCUT2D eigenvalue weighted by molar-refractivity contribution is 0.285. The summed E-state index contributed by atoms with van der Waals surface area (Å²) in [6.07, 6.45) is 0.650. The SMILES string of the molecule is COc1cc(C)ccc1OCCC(C#N)c1ccccc1. The number of hydrogen-bond donors (Lipinski definition) is 0. The monoisotopic (exact) mass is 281 g/mol. The van der Waals surface area contributed by atoms with Crippen molar-refractivity contribution in [2.75, 3.05) is 13.7 Å². The molecular weight excluding hydrogens is 262 g/mol. The smallest absolute Gasteiger partial charge is 0.161 e. The first-order valence-corrected chi connectivity index (χ1v) is 6.96. The first-order chi connectivity index (χ1) is 10.2. The van der Waals surface area contributed by atoms with Crippen LogP contribution in [0.4, 0.5) is 0 Å². The molecule has 0 aliphatic carbocycles. The van der Waals surface area contributed by atoms with Gasteiger partial charge in [-0.05, 0) is 30.2 Å². The predicted molar refractivity (Wildman–Crippen MR) is 82.6 cm³/mol. The second-order valence-corrected chi connectivity index (χ2v) is 4.88. The summed E-state index contributed by atoms with van der Waals surface area (Å²) in [5.41, 5.74) is 2.15. The standard InChI is InChI=1S/C18H19NO2/c1-14-8-9-17(18(12-14)20-2)21-11-10-16(13-19)15-6-4-3-5-7-15/h3-9,12,16H,10-11H2,1-2H3. The Hall–Kier alpha value is -2.47. The van der Waals surface area contributed by atoms with Gasteiger partial charge in [0, 0.05) is 6.42 Å². The van der Waals surface area contributed by atoms with E-state index in [1.165, 1.54) is 0 Å². The highest BCUT2D eigenvalue weighted by molar-refractivity contribution is 5.42. The van der Waals surface area contributed by atoms with Gasteiger partial charge in [0.05, 0.1) is 25.7 Å². The van der Waals surface area contributed by atoms with Crippen molar-refractivity contribution in [3.63, 3.8) is 0 Å². The van der Waals surface area contributed by atoms with Gasteiger partial charge in [-0.15, -0.1) is 0 Å². The maximum atomic E-state index is 9.28. The fourth-order valence-corrected chi connectivity index (χ4v) is 2.17. The first kappa shape index (κ1) is 14.9. The molecule has 0 bridgehead atoms. The summed E-state index contributed by atoms with van der Waals surface area (Å²) < 4.78 is 11.1. The number of rotatable bonds is 6. The van der Waals surface area contributed by atoms with E-state index in [2.05, 4.69) is 6.07 Å². The van der Waals surface area contributed by atoms with Crippen LogP contribution in [0.15, 0.2) is 48.5 Å². The highest BCUT2D eigenvalue weighted by Gasteiger charge is 2.11. The van der Waals surface area contributed by atoms with E-state index in [1.54, 1.807) is 7.11 Å². The molecule has 0 aliphatic rings. The van der Waals surface area contributed by atoms with Crippen LogP contribution >= 0.6 is 0 Å². The van der Waals surface area contributed by atoms with Crippen molar-refractivity contribution in [3.8, 4) is 17.6 Å². The molecule has 2 rings (SSSR count). The Balaban J connectivity index is 1.96. The van der Waals surface area contributed by atoms with E-state index in [9.17, 15) is 5.26 Å². The lowest BCUT2D eigenvalue weighted by Gasteiger charge is -2.13. The molecule has 0 heterocycles. The van der Waals surface area contributed by atoms with Crippen LogP contribution in [0.5, 0.6) is 11.5 Å². The molecule has 0 aliphatic heterocycles. The number of nitriles is 1. The quantitative estimate of drug-likeness (QED) is 0.801. The second kappa shape index (κ2) is 7.35. The van der Waals surface area contributed by atoms with Crippen LogP contribution in [0.3, 0.4) is 0 Å². The third-order valence-electron chi connectivity index (χ3n) is 3.34. The lowest BCUT2D eigenvalue weighted by Crippen LogP contribution is -2.05. The summed E-state index contributed by atoms with van der Waals surface area (Å²) >= 11 is 0. The molecule has 0 saturated heterocycles. The average molecular weight is 281 g/mol. The Kier molecular flexibility index (Phi) is 5.22. The maximum absolute atomic E-state index is 9.28. The van der Waals surface area contributed by atoms with Crippen LogP contribution in [-0.2, 0) is 0 Å². The topological polar surface area (TPSA) is 42.2 Å². The molecule has 1 atom stereocenters. The highest BCUT2D eigenvalue weighted by atomic mass is 16.5. The molecule has 0 radical (unpaired) electrons. The maximum Gasteiger partial charge on any atom is 0.161 e. The molecule has 2 aromatic carbocycles. The van der Waals surface area contributed by atoms with Crippen LogP contribution in [0.1, 0.15) is 23.5 Å². The summed E-state index contributed by atoms with van der Waals surface area (Å²) in [6.45, 7) is 2.49. The normalized spacial score (nSPS) is 11.5. The van der Waals surface area contributed by atoms with Crippen LogP contribution in [0.2, 0.25) is 0 Å². The number of ether oxygens (including phenoxy) is 2. The van der Waals surface area contributed by atoms with E-state index in [-0.39, 0.29) is 5.92 Å². The van der Waals surface area contributed by atoms with E-state index >= 15 is 0 Å². The molecule has 0 saturated carbocycles. The van der Waals surface area contributed by atoms with Gasteiger partial charge in [-0.2, -0.15) is 5.26 Å². The molecule has 0 N–H and O–H groups in total. The van der Waals surface area contributed by atoms with Crippen molar-refractivity contribution >= 4 is 0 Å². The number of hydrogen-bond acceptors (Lipinski definition) is 3. The Labute approximate surface area is 125 Å². The summed E-state index contributed by atoms with van der Waals surface area (Å²) in [6, 6.07) is 17.9. The number of benzene rings is 2. The van der Waals surface area contributed by atoms with Crippen LogP contribution in [0.25, 0.3) is 0 Å². The summed E-state index contributed by atoms with van der Waals surface area (Å²) in [5.74, 6) is 1.29. The third kappa shape index (κ3) is 4.00. The molecule has 21 heavy (non-hydrogen) atoms. The zero-order valence-corrected chi connectivity index (χ0v) is 12.4. The van der Waals surface area contributed by atoms with Gasteiger partial charge in [0.2, 0.25) is 0 Å². The van der Waals surface area contributed by atoms with Crippen molar-refractivity contribution in [1.82, 2.24) is 0 Å². The predicted octanol–water partition coefficient (Wildman–Crippen LogP) is 4.08. The molecule has 3 nitrogen and oxygen atoms in total. The molecule has 108 valence electrons. The summed E-state index contributed by atoms with van der Waals surface area (Å²) in [5, 5.41) is 9.28. The van der Waals surface area contributed by atoms with Gasteiger partial charge in [-0.1, -0.05) is 36.4 Å². The fourth-order valence-electron chi connectivity index (χ4n) is 2.17. The van der Waals surface area contributed by atoms with Crippen molar-refractivity contribution in [2.24, 2.45) is 0 Å². The molecule has 2 aromatic rings. The Bertz CT molecular complexity index is 617. The van der Waals surface area contributed by atoms with Crippen molar-refractivity contribution in [2.45, 2.75) is 19.3 Å². The van der Waals surface area contributed by atoms with E-state index in [1.807, 2.05) is 55.5 Å². The number of aryl methyl sites for hydroxylation is 1. The van der Waals surface area contributed by atoms with Gasteiger partial charge in [-0.25, -0.2) is 0 Å². The summed E-state index contributed by atoms with van der Waals surface area (Å²) in [7, 11) is 1.63. The van der Waals surface area contributed by atoms with Gasteiger partial charge in [0.15, 0.2) is 11.5 Å². The van der Waals surface area contributed by atoms with Crippen molar-refractivity contribution in [1.29, 1.82) is 5.26 Å². The Morgan fingerprint density at radius 1 is 1.10 bits per heavy atom. The van der Waals surface area contributed by atoms with Gasteiger partial charge in [0.25, 0.3) is 0 Å². The summed E-state index contributed by atoms with van der Waals surface area (Å²) in [4.78, 5) is 0. The van der Waals surface area contributed by atoms with Crippen molar-refractivity contribution < 1.29 is 9.47 Å². The van der Waals surface area contributed by atoms with E-state index in [0.29, 0.717) is 18.8 Å². The van der Waals surface area contributed by atoms with E-state index < -0.39 is 0 Å². The zero-order chi connectivity index (χ0) is 15.1. The Morgan fingerprint density at radius 2 is 1.86 bits per heavy atom. The molecule has 0 spiro atoms. The third-order valence-corrected chi connectivity index (χ3v) is 3.34. The zero-order valence-electron chi connectivity index (χ0n) is 12.4. The minimum atomic E-state index is -0.150. The van der Waals surface area contributed by atoms with E-state index in [0.717, 1.165) is 16.9 Å². The molecule has 0 fully saturated rings. The molecule has 1 unspecified atom stereocenters. The fraction of sp³-hybridized carbons (Fsp3) is 0.278. The first-order valence-electron chi connectivity index (χ1n) is 6.96. The number of methoxy groups -OCH3 is 1. The average Bonchev–Trinajstić information content (AvgIpc) is 2.53. The minimum Gasteiger partial charge on any atom is -0.493 e. The highest BCUT2D eigenvalue weighted by Crippen LogP contribution is 2.28. The second-order valence-electron chi connectivity index (χ2n) is 4.88. The lowest BCUT2D eigenvalue weighted by atomic mass is 9.98. The molecule has 0 amide bonds. The Morgan fingerprint density at radius 3 is 2.52 bits per heavy atom. The van der Waals surface area contributed by atoms with Crippen LogP contribution in [0, 0.1) is 18.3 Å². The molecule has 0 aromatic heterocycles. The minimum absolute atomic E-state index is 0.150. The van der Waals surface area contributed by atoms with Crippen LogP contribution in [-0.4, -0.2) is 13.7 Å². The van der Waals surface area contributed by atoms with Gasteiger partial charge in [0.1, 0.15) is 0 Å². The van der Waals surface area contributed by atoms with Crippen LogP contribution < -0.4 is 9.47 Å². The molecule has 3 heteroatoms. The van der Waals surface area contributed by atoms with Gasteiger partial charge in [-0.3, -0.25) is 0 Å². The largest absolute Gasteiger partial charge is 0.493 e. The van der Waals surface area contributed by atoms with Crippen molar-refractivity contribution in [3.05, 3.63) is 59.7 Å². The van der Waals surface area contributed by atoms with E-state index in [4.69, 9.17) is 9.47 Å². The molecular formula is C18H19NO2. The van der Waals surface area contributed by atoms with Gasteiger partial charge < -0.3 is 9.47 Å². The van der Waals surface area contributed by atoms with Gasteiger partial charge >= 0.3 is 0 Å². The number of nitrogens with zero attached hydrogens (tertiary/aromatic N) is 1.